The quantitative estimate of drug-likeness (QED) is 0.821. The summed E-state index contributed by atoms with van der Waals surface area (Å²) >= 11 is 0. The second-order valence-electron chi connectivity index (χ2n) is 7.99. The largest absolute Gasteiger partial charge is 0.486 e. The molecule has 1 saturated carbocycles. The van der Waals surface area contributed by atoms with E-state index in [1.807, 2.05) is 24.3 Å². The second-order valence-corrected chi connectivity index (χ2v) is 7.99. The van der Waals surface area contributed by atoms with E-state index in [0.29, 0.717) is 13.2 Å². The average Bonchev–Trinajstić information content (AvgIpc) is 3.56. The van der Waals surface area contributed by atoms with Gasteiger partial charge in [-0.3, -0.25) is 9.69 Å². The predicted octanol–water partition coefficient (Wildman–Crippen LogP) is 2.83. The van der Waals surface area contributed by atoms with Gasteiger partial charge in [-0.25, -0.2) is 0 Å². The second kappa shape index (κ2) is 7.13. The van der Waals surface area contributed by atoms with Crippen LogP contribution in [0.5, 0.6) is 11.5 Å². The number of amides is 1. The lowest BCUT2D eigenvalue weighted by Gasteiger charge is -2.37. The summed E-state index contributed by atoms with van der Waals surface area (Å²) in [6, 6.07) is 16.6. The van der Waals surface area contributed by atoms with Gasteiger partial charge in [-0.1, -0.05) is 36.4 Å². The Morgan fingerprint density at radius 1 is 0.893 bits per heavy atom. The van der Waals surface area contributed by atoms with Crippen LogP contribution in [0.3, 0.4) is 0 Å². The van der Waals surface area contributed by atoms with Gasteiger partial charge in [-0.2, -0.15) is 0 Å². The molecule has 2 fully saturated rings. The molecule has 2 aromatic carbocycles. The Bertz CT molecular complexity index is 855. The fourth-order valence-electron chi connectivity index (χ4n) is 4.35. The molecule has 2 aliphatic heterocycles. The van der Waals surface area contributed by atoms with Gasteiger partial charge in [0.15, 0.2) is 11.5 Å². The van der Waals surface area contributed by atoms with Crippen molar-refractivity contribution >= 4 is 5.91 Å². The number of ether oxygens (including phenoxy) is 2. The zero-order valence-corrected chi connectivity index (χ0v) is 16.1. The lowest BCUT2D eigenvalue weighted by atomic mass is 9.93. The van der Waals surface area contributed by atoms with Crippen LogP contribution in [0.2, 0.25) is 0 Å². The van der Waals surface area contributed by atoms with Gasteiger partial charge >= 0.3 is 0 Å². The highest BCUT2D eigenvalue weighted by molar-refractivity contribution is 5.91. The number of hydrogen-bond acceptors (Lipinski definition) is 4. The van der Waals surface area contributed by atoms with Crippen molar-refractivity contribution in [3.8, 4) is 11.5 Å². The molecule has 1 aliphatic carbocycles. The summed E-state index contributed by atoms with van der Waals surface area (Å²) in [5, 5.41) is 0. The number of rotatable bonds is 4. The number of fused-ring (bicyclic) bond motifs is 1. The van der Waals surface area contributed by atoms with E-state index in [1.165, 1.54) is 5.56 Å². The van der Waals surface area contributed by atoms with Gasteiger partial charge < -0.3 is 14.4 Å². The van der Waals surface area contributed by atoms with Gasteiger partial charge in [-0.05, 0) is 36.1 Å². The van der Waals surface area contributed by atoms with Crippen molar-refractivity contribution in [1.82, 2.24) is 9.80 Å². The molecule has 1 amide bonds. The summed E-state index contributed by atoms with van der Waals surface area (Å²) < 4.78 is 11.3. The molecular formula is C23H26N2O3. The van der Waals surface area contributed by atoms with Crippen molar-refractivity contribution < 1.29 is 14.3 Å². The maximum absolute atomic E-state index is 13.4. The van der Waals surface area contributed by atoms with Crippen LogP contribution in [0.1, 0.15) is 24.0 Å². The molecular weight excluding hydrogens is 352 g/mol. The fourth-order valence-corrected chi connectivity index (χ4v) is 4.35. The molecule has 0 radical (unpaired) electrons. The molecule has 0 unspecified atom stereocenters. The first kappa shape index (κ1) is 17.6. The third-order valence-corrected chi connectivity index (χ3v) is 6.16. The van der Waals surface area contributed by atoms with Crippen LogP contribution in [-0.2, 0) is 16.8 Å². The van der Waals surface area contributed by atoms with Crippen molar-refractivity contribution in [2.45, 2.75) is 24.8 Å². The summed E-state index contributed by atoms with van der Waals surface area (Å²) in [5.41, 5.74) is 2.06. The Morgan fingerprint density at radius 2 is 1.61 bits per heavy atom. The van der Waals surface area contributed by atoms with Crippen LogP contribution in [0.15, 0.2) is 48.5 Å². The minimum absolute atomic E-state index is 0.281. The van der Waals surface area contributed by atoms with Gasteiger partial charge in [0.2, 0.25) is 5.91 Å². The maximum Gasteiger partial charge on any atom is 0.233 e. The SMILES string of the molecule is O=C(N1CCN(Cc2ccccc2)CC1)C1(c2ccc3c(c2)OCCO3)CC1. The number of hydrogen-bond donors (Lipinski definition) is 0. The molecule has 5 rings (SSSR count). The van der Waals surface area contributed by atoms with Crippen LogP contribution in [0.25, 0.3) is 0 Å². The normalized spacial score (nSPS) is 20.6. The van der Waals surface area contributed by atoms with E-state index in [0.717, 1.165) is 62.6 Å². The van der Waals surface area contributed by atoms with Gasteiger partial charge in [0.1, 0.15) is 13.2 Å². The molecule has 28 heavy (non-hydrogen) atoms. The average molecular weight is 378 g/mol. The molecule has 0 bridgehead atoms. The fraction of sp³-hybridized carbons (Fsp3) is 0.435. The van der Waals surface area contributed by atoms with Crippen LogP contribution in [-0.4, -0.2) is 55.1 Å². The predicted molar refractivity (Wildman–Crippen MR) is 107 cm³/mol. The molecule has 2 aromatic rings. The van der Waals surface area contributed by atoms with Crippen molar-refractivity contribution in [1.29, 1.82) is 0 Å². The standard InChI is InChI=1S/C23H26N2O3/c26-22(25-12-10-24(11-13-25)17-18-4-2-1-3-5-18)23(8-9-23)19-6-7-20-21(16-19)28-15-14-27-20/h1-7,16H,8-15,17H2. The van der Waals surface area contributed by atoms with E-state index in [-0.39, 0.29) is 11.3 Å². The summed E-state index contributed by atoms with van der Waals surface area (Å²) in [4.78, 5) is 17.8. The van der Waals surface area contributed by atoms with Crippen LogP contribution in [0.4, 0.5) is 0 Å². The monoisotopic (exact) mass is 378 g/mol. The van der Waals surface area contributed by atoms with Crippen LogP contribution >= 0.6 is 0 Å². The number of carbonyl (C=O) groups is 1. The molecule has 5 heteroatoms. The van der Waals surface area contributed by atoms with E-state index in [9.17, 15) is 4.79 Å². The Morgan fingerprint density at radius 3 is 2.32 bits per heavy atom. The number of piperazine rings is 1. The van der Waals surface area contributed by atoms with Gasteiger partial charge in [0, 0.05) is 32.7 Å². The zero-order valence-electron chi connectivity index (χ0n) is 16.1. The molecule has 0 atom stereocenters. The highest BCUT2D eigenvalue weighted by atomic mass is 16.6. The van der Waals surface area contributed by atoms with Gasteiger partial charge in [0.05, 0.1) is 5.41 Å². The summed E-state index contributed by atoms with van der Waals surface area (Å²) in [5.74, 6) is 1.84. The summed E-state index contributed by atoms with van der Waals surface area (Å²) in [6.07, 6.45) is 1.85. The topological polar surface area (TPSA) is 42.0 Å². The zero-order chi connectivity index (χ0) is 19.0. The molecule has 0 aromatic heterocycles. The summed E-state index contributed by atoms with van der Waals surface area (Å²) in [7, 11) is 0. The van der Waals surface area contributed by atoms with E-state index < -0.39 is 0 Å². The number of carbonyl (C=O) groups excluding carboxylic acids is 1. The Hall–Kier alpha value is -2.53. The van der Waals surface area contributed by atoms with Crippen molar-refractivity contribution in [2.75, 3.05) is 39.4 Å². The first-order valence-corrected chi connectivity index (χ1v) is 10.2. The highest BCUT2D eigenvalue weighted by Gasteiger charge is 2.53. The van der Waals surface area contributed by atoms with Crippen molar-refractivity contribution in [2.24, 2.45) is 0 Å². The number of nitrogens with zero attached hydrogens (tertiary/aromatic N) is 2. The van der Waals surface area contributed by atoms with Crippen molar-refractivity contribution in [3.63, 3.8) is 0 Å². The molecule has 3 aliphatic rings. The van der Waals surface area contributed by atoms with Gasteiger partial charge in [0.25, 0.3) is 0 Å². The Balaban J connectivity index is 1.24. The first-order chi connectivity index (χ1) is 13.7. The highest BCUT2D eigenvalue weighted by Crippen LogP contribution is 2.51. The third kappa shape index (κ3) is 3.24. The van der Waals surface area contributed by atoms with Crippen LogP contribution in [0, 0.1) is 0 Å². The molecule has 0 spiro atoms. The van der Waals surface area contributed by atoms with E-state index in [2.05, 4.69) is 34.1 Å². The smallest absolute Gasteiger partial charge is 0.233 e. The van der Waals surface area contributed by atoms with E-state index in [1.54, 1.807) is 0 Å². The molecule has 146 valence electrons. The van der Waals surface area contributed by atoms with E-state index in [4.69, 9.17) is 9.47 Å². The van der Waals surface area contributed by atoms with Crippen LogP contribution < -0.4 is 9.47 Å². The lowest BCUT2D eigenvalue weighted by Crippen LogP contribution is -2.51. The summed E-state index contributed by atoms with van der Waals surface area (Å²) in [6.45, 7) is 5.58. The minimum atomic E-state index is -0.350. The van der Waals surface area contributed by atoms with Crippen molar-refractivity contribution in [3.05, 3.63) is 59.7 Å². The van der Waals surface area contributed by atoms with Gasteiger partial charge in [-0.15, -0.1) is 0 Å². The lowest BCUT2D eigenvalue weighted by molar-refractivity contribution is -0.135. The third-order valence-electron chi connectivity index (χ3n) is 6.16. The first-order valence-electron chi connectivity index (χ1n) is 10.2. The molecule has 5 nitrogen and oxygen atoms in total. The maximum atomic E-state index is 13.4. The molecule has 0 N–H and O–H groups in total. The molecule has 2 heterocycles. The number of benzene rings is 2. The Kier molecular flexibility index (Phi) is 4.47. The Labute approximate surface area is 165 Å². The minimum Gasteiger partial charge on any atom is -0.486 e. The molecule has 1 saturated heterocycles. The van der Waals surface area contributed by atoms with E-state index >= 15 is 0 Å².